The van der Waals surface area contributed by atoms with Crippen LogP contribution in [-0.2, 0) is 30.3 Å². The monoisotopic (exact) mass is 587 g/mol. The number of esters is 1. The van der Waals surface area contributed by atoms with Gasteiger partial charge in [0.1, 0.15) is 23.2 Å². The number of fused-ring (bicyclic) bond motifs is 1. The summed E-state index contributed by atoms with van der Waals surface area (Å²) in [5.74, 6) is 0.0240. The number of nitrogens with zero attached hydrogens (tertiary/aromatic N) is 2. The average molecular weight is 588 g/mol. The van der Waals surface area contributed by atoms with E-state index >= 15 is 0 Å². The lowest BCUT2D eigenvalue weighted by Gasteiger charge is -2.26. The van der Waals surface area contributed by atoms with Crippen molar-refractivity contribution in [1.29, 1.82) is 0 Å². The summed E-state index contributed by atoms with van der Waals surface area (Å²) in [6.07, 6.45) is 11.4. The molecule has 0 aliphatic carbocycles. The van der Waals surface area contributed by atoms with Gasteiger partial charge in [-0.2, -0.15) is 0 Å². The van der Waals surface area contributed by atoms with Crippen molar-refractivity contribution in [3.63, 3.8) is 0 Å². The number of nitrogens with two attached hydrogens (primary N) is 1. The molecule has 2 heterocycles. The van der Waals surface area contributed by atoms with Gasteiger partial charge in [-0.15, -0.1) is 0 Å². The molecule has 0 aromatic heterocycles. The Morgan fingerprint density at radius 3 is 2.52 bits per heavy atom. The number of hydrogen-bond donors (Lipinski definition) is 1. The van der Waals surface area contributed by atoms with Crippen molar-refractivity contribution in [2.75, 3.05) is 46.5 Å². The van der Waals surface area contributed by atoms with Crippen LogP contribution in [0.3, 0.4) is 0 Å². The Hall–Kier alpha value is -3.41. The van der Waals surface area contributed by atoms with E-state index in [4.69, 9.17) is 34.3 Å². The van der Waals surface area contributed by atoms with Crippen molar-refractivity contribution in [3.8, 4) is 11.5 Å². The maximum atomic E-state index is 13.6. The highest BCUT2D eigenvalue weighted by molar-refractivity contribution is 6.00. The van der Waals surface area contributed by atoms with Crippen LogP contribution in [0.15, 0.2) is 41.6 Å². The van der Waals surface area contributed by atoms with Gasteiger partial charge in [0.05, 0.1) is 5.71 Å². The van der Waals surface area contributed by atoms with Gasteiger partial charge < -0.3 is 39.2 Å². The van der Waals surface area contributed by atoms with Crippen molar-refractivity contribution in [2.45, 2.75) is 71.4 Å². The number of carbonyl (C=O) groups is 2. The molecule has 0 unspecified atom stereocenters. The number of cyclic esters (lactones) is 1. The van der Waals surface area contributed by atoms with Crippen LogP contribution in [0.2, 0.25) is 0 Å². The third-order valence-electron chi connectivity index (χ3n) is 6.70. The maximum absolute atomic E-state index is 13.6. The number of hydrogen-bond acceptors (Lipinski definition) is 10. The van der Waals surface area contributed by atoms with Gasteiger partial charge >= 0.3 is 5.97 Å². The second kappa shape index (κ2) is 18.2. The van der Waals surface area contributed by atoms with Crippen molar-refractivity contribution in [2.24, 2.45) is 10.9 Å². The first-order chi connectivity index (χ1) is 20.4. The molecule has 232 valence electrons. The van der Waals surface area contributed by atoms with E-state index in [9.17, 15) is 9.59 Å². The first kappa shape index (κ1) is 33.1. The Bertz CT molecular complexity index is 1100. The number of rotatable bonds is 11. The van der Waals surface area contributed by atoms with Crippen LogP contribution in [0, 0.1) is 0 Å². The van der Waals surface area contributed by atoms with Crippen LogP contribution in [0.4, 0.5) is 0 Å². The zero-order valence-corrected chi connectivity index (χ0v) is 25.0. The number of benzene rings is 1. The standard InChI is InChI=1S/C31H45N3O8/c1-4-37-21-39-27-18-24-17-26(33-41-20-29(35)34-15-7-6-8-16-34)14-10-13-25(32)12-9-11-23(3)42-31(36)30(24)28(19-27)40-22-38-5-2/h9-10,12,14,18-19,23,25H,4-8,11,13,15-17,20-22,32H2,1-3H3/t23-,25+/m1/s1. The Balaban J connectivity index is 1.98. The summed E-state index contributed by atoms with van der Waals surface area (Å²) >= 11 is 0. The molecule has 2 atom stereocenters. The zero-order chi connectivity index (χ0) is 30.2. The molecule has 2 aliphatic heterocycles. The van der Waals surface area contributed by atoms with Gasteiger partial charge in [0.2, 0.25) is 0 Å². The van der Waals surface area contributed by atoms with Gasteiger partial charge in [-0.1, -0.05) is 23.4 Å². The predicted octanol–water partition coefficient (Wildman–Crippen LogP) is 4.14. The number of piperidine rings is 1. The molecule has 0 saturated carbocycles. The fourth-order valence-corrected chi connectivity index (χ4v) is 4.49. The predicted molar refractivity (Wildman–Crippen MR) is 159 cm³/mol. The lowest BCUT2D eigenvalue weighted by atomic mass is 9.99. The molecule has 1 fully saturated rings. The Morgan fingerprint density at radius 1 is 1.05 bits per heavy atom. The first-order valence-corrected chi connectivity index (χ1v) is 14.8. The van der Waals surface area contributed by atoms with Crippen molar-refractivity contribution >= 4 is 17.6 Å². The Morgan fingerprint density at radius 2 is 1.79 bits per heavy atom. The van der Waals surface area contributed by atoms with Gasteiger partial charge in [-0.05, 0) is 64.2 Å². The fourth-order valence-electron chi connectivity index (χ4n) is 4.49. The third-order valence-corrected chi connectivity index (χ3v) is 6.70. The number of carbonyl (C=O) groups excluding carboxylic acids is 2. The van der Waals surface area contributed by atoms with E-state index in [0.717, 1.165) is 32.4 Å². The average Bonchev–Trinajstić information content (AvgIpc) is 2.97. The molecule has 0 radical (unpaired) electrons. The molecule has 42 heavy (non-hydrogen) atoms. The zero-order valence-electron chi connectivity index (χ0n) is 25.0. The van der Waals surface area contributed by atoms with Crippen LogP contribution in [0.5, 0.6) is 11.5 Å². The van der Waals surface area contributed by atoms with E-state index in [-0.39, 0.29) is 49.9 Å². The van der Waals surface area contributed by atoms with E-state index in [1.807, 2.05) is 39.0 Å². The minimum atomic E-state index is -0.556. The Kier molecular flexibility index (Phi) is 14.3. The smallest absolute Gasteiger partial charge is 0.342 e. The number of oxime groups is 1. The summed E-state index contributed by atoms with van der Waals surface area (Å²) in [6.45, 7) is 7.70. The Labute approximate surface area is 248 Å². The van der Waals surface area contributed by atoms with Crippen molar-refractivity contribution in [3.05, 3.63) is 47.6 Å². The molecule has 0 bridgehead atoms. The van der Waals surface area contributed by atoms with E-state index in [2.05, 4.69) is 5.16 Å². The maximum Gasteiger partial charge on any atom is 0.342 e. The lowest BCUT2D eigenvalue weighted by Crippen LogP contribution is -2.37. The number of likely N-dealkylation sites (tertiary alicyclic amines) is 1. The molecule has 11 nitrogen and oxygen atoms in total. The van der Waals surface area contributed by atoms with Crippen LogP contribution in [0.1, 0.15) is 68.8 Å². The molecule has 1 amide bonds. The largest absolute Gasteiger partial charge is 0.467 e. The molecular weight excluding hydrogens is 542 g/mol. The summed E-state index contributed by atoms with van der Waals surface area (Å²) < 4.78 is 28.2. The lowest BCUT2D eigenvalue weighted by molar-refractivity contribution is -0.137. The van der Waals surface area contributed by atoms with Crippen LogP contribution >= 0.6 is 0 Å². The topological polar surface area (TPSA) is 131 Å². The molecule has 2 aliphatic rings. The quantitative estimate of drug-likeness (QED) is 0.133. The minimum absolute atomic E-state index is 0.0223. The molecule has 3 rings (SSSR count). The van der Waals surface area contributed by atoms with Gasteiger partial charge in [0.25, 0.3) is 5.91 Å². The van der Waals surface area contributed by atoms with E-state index in [0.29, 0.717) is 43.1 Å². The van der Waals surface area contributed by atoms with E-state index in [1.54, 1.807) is 23.1 Å². The summed E-state index contributed by atoms with van der Waals surface area (Å²) in [6, 6.07) is 3.12. The highest BCUT2D eigenvalue weighted by atomic mass is 16.7. The van der Waals surface area contributed by atoms with Gasteiger partial charge in [-0.3, -0.25) is 4.79 Å². The molecule has 1 aromatic carbocycles. The summed E-state index contributed by atoms with van der Waals surface area (Å²) in [5, 5.41) is 4.30. The third kappa shape index (κ3) is 11.1. The molecule has 11 heteroatoms. The first-order valence-electron chi connectivity index (χ1n) is 14.8. The molecular formula is C31H45N3O8. The van der Waals surface area contributed by atoms with Gasteiger partial charge in [0.15, 0.2) is 20.2 Å². The van der Waals surface area contributed by atoms with Crippen molar-refractivity contribution < 1.29 is 38.1 Å². The van der Waals surface area contributed by atoms with Crippen molar-refractivity contribution in [1.82, 2.24) is 4.90 Å². The summed E-state index contributed by atoms with van der Waals surface area (Å²) in [5.41, 5.74) is 7.49. The van der Waals surface area contributed by atoms with Crippen LogP contribution in [-0.4, -0.2) is 81.1 Å². The van der Waals surface area contributed by atoms with E-state index in [1.165, 1.54) is 0 Å². The highest BCUT2D eigenvalue weighted by Gasteiger charge is 2.24. The van der Waals surface area contributed by atoms with Gasteiger partial charge in [-0.25, -0.2) is 4.79 Å². The highest BCUT2D eigenvalue weighted by Crippen LogP contribution is 2.32. The van der Waals surface area contributed by atoms with E-state index < -0.39 is 12.1 Å². The molecule has 1 aromatic rings. The SMILES string of the molecule is CCOCOc1cc2c(c(OCOCC)c1)C(=O)O[C@H](C)CC=C[C@H](N)CC=CC(=NOCC(=O)N1CCCCC1)C2. The number of allylic oxidation sites excluding steroid dienone is 1. The van der Waals surface area contributed by atoms with Crippen LogP contribution < -0.4 is 15.2 Å². The number of ether oxygens (including phenoxy) is 5. The fraction of sp³-hybridized carbons (Fsp3) is 0.581. The molecule has 2 N–H and O–H groups in total. The van der Waals surface area contributed by atoms with Crippen LogP contribution in [0.25, 0.3) is 0 Å². The minimum Gasteiger partial charge on any atom is -0.467 e. The number of amides is 1. The summed E-state index contributed by atoms with van der Waals surface area (Å²) in [4.78, 5) is 33.6. The van der Waals surface area contributed by atoms with Gasteiger partial charge in [0, 0.05) is 51.3 Å². The summed E-state index contributed by atoms with van der Waals surface area (Å²) in [7, 11) is 0. The molecule has 1 saturated heterocycles. The second-order valence-corrected chi connectivity index (χ2v) is 10.1. The normalized spacial score (nSPS) is 20.9. The molecule has 0 spiro atoms. The second-order valence-electron chi connectivity index (χ2n) is 10.1.